The smallest absolute Gasteiger partial charge is 0.259 e. The molecule has 0 aliphatic carbocycles. The Kier molecular flexibility index (Phi) is 3.66. The van der Waals surface area contributed by atoms with Crippen molar-refractivity contribution < 1.29 is 4.52 Å². The van der Waals surface area contributed by atoms with Crippen LogP contribution in [0.25, 0.3) is 11.5 Å². The number of nitrogens with two attached hydrogens (primary N) is 1. The lowest BCUT2D eigenvalue weighted by Crippen LogP contribution is -2.18. The second kappa shape index (κ2) is 5.22. The lowest BCUT2D eigenvalue weighted by molar-refractivity contribution is 0.420. The van der Waals surface area contributed by atoms with Gasteiger partial charge in [-0.2, -0.15) is 15.2 Å². The minimum absolute atomic E-state index is 0.0124. The number of hydrogen-bond donors (Lipinski definition) is 1. The molecule has 0 saturated heterocycles. The number of hydrogen-bond acceptors (Lipinski definition) is 6. The molecule has 0 amide bonds. The van der Waals surface area contributed by atoms with Gasteiger partial charge in [0, 0.05) is 12.5 Å². The van der Waals surface area contributed by atoms with E-state index in [2.05, 4.69) is 20.3 Å². The molecule has 2 aromatic heterocycles. The number of aromatic nitrogens is 4. The fourth-order valence-electron chi connectivity index (χ4n) is 1.69. The molecular formula is C12H17N5O. The van der Waals surface area contributed by atoms with Gasteiger partial charge in [-0.25, -0.2) is 0 Å². The molecule has 1 unspecified atom stereocenters. The van der Waals surface area contributed by atoms with Gasteiger partial charge in [-0.15, -0.1) is 0 Å². The van der Waals surface area contributed by atoms with Crippen molar-refractivity contribution in [1.82, 2.24) is 20.3 Å². The monoisotopic (exact) mass is 247 g/mol. The minimum Gasteiger partial charge on any atom is -0.334 e. The van der Waals surface area contributed by atoms with Crippen LogP contribution in [0.5, 0.6) is 0 Å². The van der Waals surface area contributed by atoms with Crippen LogP contribution in [0.15, 0.2) is 10.6 Å². The fraction of sp³-hybridized carbons (Fsp3) is 0.500. The van der Waals surface area contributed by atoms with Crippen LogP contribution in [0.4, 0.5) is 0 Å². The van der Waals surface area contributed by atoms with Crippen LogP contribution in [0.3, 0.4) is 0 Å². The first-order valence-corrected chi connectivity index (χ1v) is 6.02. The molecule has 6 nitrogen and oxygen atoms in total. The Morgan fingerprint density at radius 2 is 2.17 bits per heavy atom. The van der Waals surface area contributed by atoms with Gasteiger partial charge >= 0.3 is 0 Å². The molecule has 0 bridgehead atoms. The third-order valence-electron chi connectivity index (χ3n) is 2.53. The van der Waals surface area contributed by atoms with Crippen molar-refractivity contribution in [2.45, 2.75) is 39.7 Å². The largest absolute Gasteiger partial charge is 0.334 e. The summed E-state index contributed by atoms with van der Waals surface area (Å²) in [6.45, 7) is 5.81. The predicted molar refractivity (Wildman–Crippen MR) is 66.8 cm³/mol. The Balaban J connectivity index is 2.36. The third-order valence-corrected chi connectivity index (χ3v) is 2.53. The van der Waals surface area contributed by atoms with E-state index in [1.165, 1.54) is 0 Å². The maximum atomic E-state index is 5.71. The highest BCUT2D eigenvalue weighted by molar-refractivity contribution is 5.56. The van der Waals surface area contributed by atoms with Crippen LogP contribution >= 0.6 is 0 Å². The van der Waals surface area contributed by atoms with Gasteiger partial charge in [-0.05, 0) is 26.3 Å². The van der Waals surface area contributed by atoms with Gasteiger partial charge < -0.3 is 10.3 Å². The molecule has 2 rings (SSSR count). The summed E-state index contributed by atoms with van der Waals surface area (Å²) in [7, 11) is 0. The Hall–Kier alpha value is -1.82. The van der Waals surface area contributed by atoms with Gasteiger partial charge in [0.2, 0.25) is 0 Å². The van der Waals surface area contributed by atoms with Gasteiger partial charge in [-0.3, -0.25) is 0 Å². The zero-order valence-electron chi connectivity index (χ0n) is 10.8. The van der Waals surface area contributed by atoms with Crippen LogP contribution in [-0.4, -0.2) is 26.4 Å². The second-order valence-corrected chi connectivity index (χ2v) is 4.40. The summed E-state index contributed by atoms with van der Waals surface area (Å²) in [5.74, 6) is 1.11. The van der Waals surface area contributed by atoms with E-state index in [1.807, 2.05) is 26.8 Å². The first-order valence-electron chi connectivity index (χ1n) is 6.02. The van der Waals surface area contributed by atoms with Crippen molar-refractivity contribution >= 4 is 0 Å². The van der Waals surface area contributed by atoms with Gasteiger partial charge in [0.25, 0.3) is 5.89 Å². The molecule has 2 aromatic rings. The van der Waals surface area contributed by atoms with Crippen molar-refractivity contribution in [3.05, 3.63) is 23.3 Å². The zero-order valence-corrected chi connectivity index (χ0v) is 10.8. The molecular weight excluding hydrogens is 230 g/mol. The minimum atomic E-state index is 0.0124. The summed E-state index contributed by atoms with van der Waals surface area (Å²) in [6.07, 6.45) is 1.37. The highest BCUT2D eigenvalue weighted by atomic mass is 16.5. The summed E-state index contributed by atoms with van der Waals surface area (Å²) in [5.41, 5.74) is 8.25. The molecule has 0 radical (unpaired) electrons. The molecule has 0 aromatic carbocycles. The molecule has 0 fully saturated rings. The van der Waals surface area contributed by atoms with Crippen molar-refractivity contribution in [1.29, 1.82) is 0 Å². The predicted octanol–water partition coefficient (Wildman–Crippen LogP) is 1.29. The molecule has 1 atom stereocenters. The fourth-order valence-corrected chi connectivity index (χ4v) is 1.69. The van der Waals surface area contributed by atoms with Crippen molar-refractivity contribution in [2.24, 2.45) is 5.73 Å². The van der Waals surface area contributed by atoms with Gasteiger partial charge in [-0.1, -0.05) is 12.1 Å². The standard InChI is InChI=1S/C12H17N5O/c1-4-10-9(6-8(3)15-16-10)12-14-11(17-18-12)5-7(2)13/h6-7H,4-5,13H2,1-3H3. The molecule has 0 saturated carbocycles. The molecule has 2 heterocycles. The summed E-state index contributed by atoms with van der Waals surface area (Å²) in [6, 6.07) is 1.92. The SMILES string of the molecule is CCc1nnc(C)cc1-c1nc(CC(C)N)no1. The highest BCUT2D eigenvalue weighted by Crippen LogP contribution is 2.21. The molecule has 0 aliphatic rings. The molecule has 0 spiro atoms. The van der Waals surface area contributed by atoms with E-state index < -0.39 is 0 Å². The lowest BCUT2D eigenvalue weighted by atomic mass is 10.1. The highest BCUT2D eigenvalue weighted by Gasteiger charge is 2.14. The van der Waals surface area contributed by atoms with Gasteiger partial charge in [0.1, 0.15) is 0 Å². The van der Waals surface area contributed by atoms with Gasteiger partial charge in [0.15, 0.2) is 5.82 Å². The number of aryl methyl sites for hydroxylation is 2. The summed E-state index contributed by atoms with van der Waals surface area (Å²) in [5, 5.41) is 12.1. The number of rotatable bonds is 4. The topological polar surface area (TPSA) is 90.7 Å². The Morgan fingerprint density at radius 1 is 1.39 bits per heavy atom. The van der Waals surface area contributed by atoms with E-state index in [4.69, 9.17) is 10.3 Å². The average Bonchev–Trinajstić information content (AvgIpc) is 2.76. The summed E-state index contributed by atoms with van der Waals surface area (Å²) in [4.78, 5) is 4.34. The average molecular weight is 247 g/mol. The normalized spacial score (nSPS) is 12.7. The maximum Gasteiger partial charge on any atom is 0.259 e. The van der Waals surface area contributed by atoms with E-state index in [1.54, 1.807) is 0 Å². The van der Waals surface area contributed by atoms with Crippen molar-refractivity contribution in [2.75, 3.05) is 0 Å². The third kappa shape index (κ3) is 2.70. The molecule has 2 N–H and O–H groups in total. The Morgan fingerprint density at radius 3 is 2.83 bits per heavy atom. The Labute approximate surface area is 106 Å². The Bertz CT molecular complexity index is 535. The summed E-state index contributed by atoms with van der Waals surface area (Å²) < 4.78 is 5.26. The van der Waals surface area contributed by atoms with E-state index in [9.17, 15) is 0 Å². The first-order chi connectivity index (χ1) is 8.60. The first kappa shape index (κ1) is 12.6. The van der Waals surface area contributed by atoms with Crippen LogP contribution in [0.2, 0.25) is 0 Å². The van der Waals surface area contributed by atoms with Crippen molar-refractivity contribution in [3.63, 3.8) is 0 Å². The number of nitrogens with zero attached hydrogens (tertiary/aromatic N) is 4. The van der Waals surface area contributed by atoms with Crippen LogP contribution in [0.1, 0.15) is 31.1 Å². The van der Waals surface area contributed by atoms with E-state index in [0.29, 0.717) is 18.1 Å². The zero-order chi connectivity index (χ0) is 13.1. The summed E-state index contributed by atoms with van der Waals surface area (Å²) >= 11 is 0. The maximum absolute atomic E-state index is 5.71. The quantitative estimate of drug-likeness (QED) is 0.875. The van der Waals surface area contributed by atoms with Crippen LogP contribution in [0, 0.1) is 6.92 Å². The molecule has 18 heavy (non-hydrogen) atoms. The lowest BCUT2D eigenvalue weighted by Gasteiger charge is -2.02. The van der Waals surface area contributed by atoms with Crippen molar-refractivity contribution in [3.8, 4) is 11.5 Å². The van der Waals surface area contributed by atoms with Gasteiger partial charge in [0.05, 0.1) is 17.0 Å². The molecule has 96 valence electrons. The van der Waals surface area contributed by atoms with E-state index >= 15 is 0 Å². The van der Waals surface area contributed by atoms with E-state index in [0.717, 1.165) is 23.4 Å². The second-order valence-electron chi connectivity index (χ2n) is 4.40. The van der Waals surface area contributed by atoms with Crippen LogP contribution < -0.4 is 5.73 Å². The molecule has 6 heteroatoms. The van der Waals surface area contributed by atoms with Crippen LogP contribution in [-0.2, 0) is 12.8 Å². The van der Waals surface area contributed by atoms with E-state index in [-0.39, 0.29) is 6.04 Å². The molecule has 0 aliphatic heterocycles.